The zero-order valence-corrected chi connectivity index (χ0v) is 7.85. The standard InChI is InChI=1S/C6H11BrN2O2/c1-4(3-7)2-5(10)9-6(8)11/h4H,2-3H2,1H3,(H3,8,9,10,11). The second kappa shape index (κ2) is 5.12. The van der Waals surface area contributed by atoms with Crippen LogP contribution in [0, 0.1) is 5.92 Å². The molecular weight excluding hydrogens is 212 g/mol. The van der Waals surface area contributed by atoms with Gasteiger partial charge in [-0.1, -0.05) is 22.9 Å². The summed E-state index contributed by atoms with van der Waals surface area (Å²) in [5, 5.41) is 2.72. The molecule has 0 fully saturated rings. The molecule has 0 aliphatic heterocycles. The number of nitrogens with two attached hydrogens (primary N) is 1. The SMILES string of the molecule is CC(CBr)CC(=O)NC(N)=O. The monoisotopic (exact) mass is 222 g/mol. The number of primary amides is 1. The van der Waals surface area contributed by atoms with Crippen LogP contribution in [0.4, 0.5) is 4.79 Å². The second-order valence-corrected chi connectivity index (χ2v) is 3.02. The predicted molar refractivity (Wildman–Crippen MR) is 45.3 cm³/mol. The van der Waals surface area contributed by atoms with Crippen LogP contribution < -0.4 is 11.1 Å². The van der Waals surface area contributed by atoms with Crippen LogP contribution in [0.3, 0.4) is 0 Å². The Hall–Kier alpha value is -0.580. The number of amides is 3. The highest BCUT2D eigenvalue weighted by atomic mass is 79.9. The van der Waals surface area contributed by atoms with Crippen molar-refractivity contribution < 1.29 is 9.59 Å². The maximum atomic E-state index is 10.8. The van der Waals surface area contributed by atoms with Crippen molar-refractivity contribution in [1.82, 2.24) is 5.32 Å². The zero-order valence-electron chi connectivity index (χ0n) is 6.26. The number of carbonyl (C=O) groups is 2. The normalized spacial score (nSPS) is 12.2. The first kappa shape index (κ1) is 10.4. The molecule has 11 heavy (non-hydrogen) atoms. The van der Waals surface area contributed by atoms with Gasteiger partial charge in [0.25, 0.3) is 0 Å². The fourth-order valence-corrected chi connectivity index (χ4v) is 0.788. The summed E-state index contributed by atoms with van der Waals surface area (Å²) in [4.78, 5) is 20.9. The number of carbonyl (C=O) groups excluding carboxylic acids is 2. The molecule has 0 aromatic carbocycles. The van der Waals surface area contributed by atoms with E-state index in [2.05, 4.69) is 15.9 Å². The topological polar surface area (TPSA) is 72.2 Å². The first-order valence-electron chi connectivity index (χ1n) is 3.21. The average molecular weight is 223 g/mol. The van der Waals surface area contributed by atoms with E-state index in [0.29, 0.717) is 6.42 Å². The molecule has 0 aliphatic carbocycles. The van der Waals surface area contributed by atoms with Crippen molar-refractivity contribution >= 4 is 27.9 Å². The molecule has 0 aromatic rings. The van der Waals surface area contributed by atoms with Crippen LogP contribution in [0.2, 0.25) is 0 Å². The van der Waals surface area contributed by atoms with Gasteiger partial charge in [0, 0.05) is 11.8 Å². The van der Waals surface area contributed by atoms with Crippen molar-refractivity contribution in [1.29, 1.82) is 0 Å². The minimum atomic E-state index is -0.795. The van der Waals surface area contributed by atoms with Gasteiger partial charge in [-0.3, -0.25) is 10.1 Å². The summed E-state index contributed by atoms with van der Waals surface area (Å²) in [6.07, 6.45) is 0.314. The van der Waals surface area contributed by atoms with Crippen LogP contribution in [0.15, 0.2) is 0 Å². The highest BCUT2D eigenvalue weighted by molar-refractivity contribution is 9.09. The van der Waals surface area contributed by atoms with Gasteiger partial charge in [-0.15, -0.1) is 0 Å². The molecule has 1 unspecified atom stereocenters. The number of rotatable bonds is 3. The zero-order chi connectivity index (χ0) is 8.85. The van der Waals surface area contributed by atoms with Crippen molar-refractivity contribution in [2.75, 3.05) is 5.33 Å². The van der Waals surface area contributed by atoms with E-state index < -0.39 is 6.03 Å². The molecule has 0 radical (unpaired) electrons. The van der Waals surface area contributed by atoms with Crippen LogP contribution in [-0.2, 0) is 4.79 Å². The first-order valence-corrected chi connectivity index (χ1v) is 4.33. The number of hydrogen-bond donors (Lipinski definition) is 2. The summed E-state index contributed by atoms with van der Waals surface area (Å²) in [5.41, 5.74) is 4.73. The molecule has 64 valence electrons. The van der Waals surface area contributed by atoms with Crippen LogP contribution >= 0.6 is 15.9 Å². The molecular formula is C6H11BrN2O2. The average Bonchev–Trinajstić information content (AvgIpc) is 1.85. The Labute approximate surface area is 73.6 Å². The maximum absolute atomic E-state index is 10.8. The van der Waals surface area contributed by atoms with Crippen molar-refractivity contribution in [3.05, 3.63) is 0 Å². The van der Waals surface area contributed by atoms with Gasteiger partial charge >= 0.3 is 6.03 Å². The minimum Gasteiger partial charge on any atom is -0.351 e. The van der Waals surface area contributed by atoms with Crippen molar-refractivity contribution in [3.8, 4) is 0 Å². The third-order valence-corrected chi connectivity index (χ3v) is 2.17. The fraction of sp³-hybridized carbons (Fsp3) is 0.667. The highest BCUT2D eigenvalue weighted by Gasteiger charge is 2.08. The van der Waals surface area contributed by atoms with Crippen LogP contribution in [-0.4, -0.2) is 17.3 Å². The number of alkyl halides is 1. The summed E-state index contributed by atoms with van der Waals surface area (Å²) in [6, 6.07) is -0.795. The molecule has 0 saturated carbocycles. The fourth-order valence-electron chi connectivity index (χ4n) is 0.559. The Kier molecular flexibility index (Phi) is 4.85. The molecule has 0 aromatic heterocycles. The van der Waals surface area contributed by atoms with Gasteiger partial charge < -0.3 is 5.73 Å². The van der Waals surface area contributed by atoms with Gasteiger partial charge in [-0.2, -0.15) is 0 Å². The van der Waals surface area contributed by atoms with Gasteiger partial charge in [-0.25, -0.2) is 4.79 Å². The molecule has 3 N–H and O–H groups in total. The number of imide groups is 1. The van der Waals surface area contributed by atoms with E-state index in [-0.39, 0.29) is 11.8 Å². The molecule has 0 aliphatic rings. The molecule has 0 heterocycles. The van der Waals surface area contributed by atoms with Gasteiger partial charge in [0.2, 0.25) is 5.91 Å². The lowest BCUT2D eigenvalue weighted by atomic mass is 10.1. The summed E-state index contributed by atoms with van der Waals surface area (Å²) in [7, 11) is 0. The van der Waals surface area contributed by atoms with Crippen LogP contribution in [0.1, 0.15) is 13.3 Å². The van der Waals surface area contributed by atoms with Crippen molar-refractivity contribution in [2.24, 2.45) is 11.7 Å². The molecule has 0 bridgehead atoms. The second-order valence-electron chi connectivity index (χ2n) is 2.38. The van der Waals surface area contributed by atoms with E-state index in [0.717, 1.165) is 5.33 Å². The molecule has 0 saturated heterocycles. The summed E-state index contributed by atoms with van der Waals surface area (Å²) in [6.45, 7) is 1.90. The quantitative estimate of drug-likeness (QED) is 0.687. The molecule has 4 nitrogen and oxygen atoms in total. The highest BCUT2D eigenvalue weighted by Crippen LogP contribution is 2.04. The van der Waals surface area contributed by atoms with Gasteiger partial charge in [0.05, 0.1) is 0 Å². The number of halogens is 1. The third-order valence-electron chi connectivity index (χ3n) is 1.06. The van der Waals surface area contributed by atoms with Gasteiger partial charge in [0.15, 0.2) is 0 Å². The Morgan fingerprint density at radius 2 is 2.18 bits per heavy atom. The van der Waals surface area contributed by atoms with E-state index in [1.54, 1.807) is 0 Å². The Balaban J connectivity index is 3.60. The predicted octanol–water partition coefficient (Wildman–Crippen LogP) is 0.602. The lowest BCUT2D eigenvalue weighted by Crippen LogP contribution is -2.35. The lowest BCUT2D eigenvalue weighted by Gasteiger charge is -2.04. The van der Waals surface area contributed by atoms with E-state index in [1.165, 1.54) is 0 Å². The van der Waals surface area contributed by atoms with Crippen molar-refractivity contribution in [2.45, 2.75) is 13.3 Å². The summed E-state index contributed by atoms with van der Waals surface area (Å²) in [5.74, 6) is -0.112. The smallest absolute Gasteiger partial charge is 0.318 e. The molecule has 1 atom stereocenters. The maximum Gasteiger partial charge on any atom is 0.318 e. The number of urea groups is 1. The molecule has 5 heteroatoms. The largest absolute Gasteiger partial charge is 0.351 e. The molecule has 0 rings (SSSR count). The van der Waals surface area contributed by atoms with E-state index in [4.69, 9.17) is 5.73 Å². The Morgan fingerprint density at radius 1 is 1.64 bits per heavy atom. The van der Waals surface area contributed by atoms with Crippen LogP contribution in [0.5, 0.6) is 0 Å². The minimum absolute atomic E-state index is 0.217. The van der Waals surface area contributed by atoms with E-state index in [1.807, 2.05) is 12.2 Å². The lowest BCUT2D eigenvalue weighted by molar-refractivity contribution is -0.120. The summed E-state index contributed by atoms with van der Waals surface area (Å²) < 4.78 is 0. The first-order chi connectivity index (χ1) is 5.06. The van der Waals surface area contributed by atoms with Crippen LogP contribution in [0.25, 0.3) is 0 Å². The number of nitrogens with one attached hydrogen (secondary N) is 1. The summed E-state index contributed by atoms with van der Waals surface area (Å²) >= 11 is 3.21. The Bertz CT molecular complexity index is 161. The van der Waals surface area contributed by atoms with E-state index in [9.17, 15) is 9.59 Å². The molecule has 0 spiro atoms. The third kappa shape index (κ3) is 5.84. The molecule has 3 amide bonds. The number of hydrogen-bond acceptors (Lipinski definition) is 2. The Morgan fingerprint density at radius 3 is 2.55 bits per heavy atom. The van der Waals surface area contributed by atoms with Gasteiger partial charge in [-0.05, 0) is 5.92 Å². The van der Waals surface area contributed by atoms with Gasteiger partial charge in [0.1, 0.15) is 0 Å². The van der Waals surface area contributed by atoms with Crippen molar-refractivity contribution in [3.63, 3.8) is 0 Å². The van der Waals surface area contributed by atoms with E-state index >= 15 is 0 Å².